The van der Waals surface area contributed by atoms with Crippen molar-refractivity contribution in [2.75, 3.05) is 56.5 Å². The summed E-state index contributed by atoms with van der Waals surface area (Å²) < 4.78 is 0. The number of fused-ring (bicyclic) bond motifs is 1. The molecule has 4 rings (SSSR count). The molecule has 0 atom stereocenters. The van der Waals surface area contributed by atoms with Gasteiger partial charge in [0, 0.05) is 44.1 Å². The van der Waals surface area contributed by atoms with Crippen LogP contribution in [0.1, 0.15) is 16.0 Å². The quantitative estimate of drug-likeness (QED) is 0.874. The molecule has 0 aromatic carbocycles. The van der Waals surface area contributed by atoms with Crippen molar-refractivity contribution in [3.63, 3.8) is 0 Å². The highest BCUT2D eigenvalue weighted by molar-refractivity contribution is 7.10. The van der Waals surface area contributed by atoms with Crippen LogP contribution in [0.25, 0.3) is 0 Å². The van der Waals surface area contributed by atoms with E-state index in [4.69, 9.17) is 4.98 Å². The van der Waals surface area contributed by atoms with Crippen LogP contribution in [-0.2, 0) is 17.8 Å². The van der Waals surface area contributed by atoms with Crippen LogP contribution in [0.5, 0.6) is 0 Å². The predicted octanol–water partition coefficient (Wildman–Crippen LogP) is 2.20. The number of hydrogen-bond acceptors (Lipinski definition) is 6. The van der Waals surface area contributed by atoms with E-state index in [-0.39, 0.29) is 5.91 Å². The number of hydrogen-bond donors (Lipinski definition) is 1. The Kier molecular flexibility index (Phi) is 5.43. The molecule has 0 radical (unpaired) electrons. The molecular weight excluding hydrogens is 358 g/mol. The number of amides is 1. The van der Waals surface area contributed by atoms with Crippen LogP contribution in [0.3, 0.4) is 0 Å². The number of aromatic nitrogens is 1. The van der Waals surface area contributed by atoms with Crippen molar-refractivity contribution in [1.82, 2.24) is 14.8 Å². The van der Waals surface area contributed by atoms with Gasteiger partial charge in [-0.3, -0.25) is 9.69 Å². The van der Waals surface area contributed by atoms with Crippen LogP contribution >= 0.6 is 11.3 Å². The number of rotatable bonds is 4. The lowest BCUT2D eigenvalue weighted by atomic mass is 10.1. The molecule has 6 nitrogen and oxygen atoms in total. The van der Waals surface area contributed by atoms with Gasteiger partial charge >= 0.3 is 0 Å². The minimum absolute atomic E-state index is 0.00867. The molecule has 2 aliphatic rings. The van der Waals surface area contributed by atoms with Gasteiger partial charge in [-0.1, -0.05) is 6.07 Å². The Hall–Kier alpha value is -1.96. The third kappa shape index (κ3) is 4.31. The standard InChI is InChI=1S/C20H27N5OS/c1-15-3-4-18(22-20(15)25-10-8-23(2)9-11-25)21-19(26)14-24-7-5-17-16(13-24)6-12-27-17/h3-4,6,12H,5,7-11,13-14H2,1-2H3,(H,21,22,26). The van der Waals surface area contributed by atoms with Gasteiger partial charge in [-0.25, -0.2) is 4.98 Å². The van der Waals surface area contributed by atoms with Crippen LogP contribution in [0, 0.1) is 6.92 Å². The molecule has 1 fully saturated rings. The van der Waals surface area contributed by atoms with Crippen molar-refractivity contribution in [1.29, 1.82) is 0 Å². The van der Waals surface area contributed by atoms with Crippen molar-refractivity contribution in [2.45, 2.75) is 19.9 Å². The van der Waals surface area contributed by atoms with Crippen molar-refractivity contribution in [2.24, 2.45) is 0 Å². The number of nitrogens with zero attached hydrogens (tertiary/aromatic N) is 4. The number of carbonyl (C=O) groups excluding carboxylic acids is 1. The van der Waals surface area contributed by atoms with E-state index in [1.807, 2.05) is 17.4 Å². The number of carbonyl (C=O) groups is 1. The molecule has 0 unspecified atom stereocenters. The van der Waals surface area contributed by atoms with E-state index in [1.54, 1.807) is 0 Å². The zero-order valence-corrected chi connectivity index (χ0v) is 16.9. The molecule has 1 N–H and O–H groups in total. The van der Waals surface area contributed by atoms with Crippen LogP contribution in [-0.4, -0.2) is 67.0 Å². The number of likely N-dealkylation sites (N-methyl/N-ethyl adjacent to an activating group) is 1. The predicted molar refractivity (Wildman–Crippen MR) is 111 cm³/mol. The maximum absolute atomic E-state index is 12.5. The highest BCUT2D eigenvalue weighted by atomic mass is 32.1. The molecule has 0 aliphatic carbocycles. The van der Waals surface area contributed by atoms with Crippen LogP contribution in [0.15, 0.2) is 23.6 Å². The van der Waals surface area contributed by atoms with Crippen molar-refractivity contribution < 1.29 is 4.79 Å². The van der Waals surface area contributed by atoms with Gasteiger partial charge in [0.25, 0.3) is 0 Å². The fraction of sp³-hybridized carbons (Fsp3) is 0.500. The van der Waals surface area contributed by atoms with Crippen molar-refractivity contribution in [3.8, 4) is 0 Å². The third-order valence-electron chi connectivity index (χ3n) is 5.39. The number of aryl methyl sites for hydroxylation is 1. The zero-order valence-electron chi connectivity index (χ0n) is 16.1. The molecule has 2 aliphatic heterocycles. The third-order valence-corrected chi connectivity index (χ3v) is 6.42. The molecular formula is C20H27N5OS. The van der Waals surface area contributed by atoms with Gasteiger partial charge in [-0.15, -0.1) is 11.3 Å². The Morgan fingerprint density at radius 2 is 2.00 bits per heavy atom. The Bertz CT molecular complexity index is 812. The minimum atomic E-state index is 0.00867. The maximum atomic E-state index is 12.5. The lowest BCUT2D eigenvalue weighted by Gasteiger charge is -2.34. The summed E-state index contributed by atoms with van der Waals surface area (Å²) in [5.41, 5.74) is 2.52. The average Bonchev–Trinajstić information content (AvgIpc) is 3.12. The Labute approximate surface area is 164 Å². The normalized spacial score (nSPS) is 18.4. The first kappa shape index (κ1) is 18.4. The van der Waals surface area contributed by atoms with Gasteiger partial charge in [-0.05, 0) is 49.0 Å². The Balaban J connectivity index is 1.38. The monoisotopic (exact) mass is 385 g/mol. The second kappa shape index (κ2) is 7.96. The average molecular weight is 386 g/mol. The molecule has 0 saturated carbocycles. The first-order valence-electron chi connectivity index (χ1n) is 9.57. The second-order valence-electron chi connectivity index (χ2n) is 7.51. The van der Waals surface area contributed by atoms with Crippen molar-refractivity contribution in [3.05, 3.63) is 39.6 Å². The number of pyridine rings is 1. The Morgan fingerprint density at radius 3 is 2.81 bits per heavy atom. The van der Waals surface area contributed by atoms with Gasteiger partial charge in [0.2, 0.25) is 5.91 Å². The van der Waals surface area contributed by atoms with E-state index in [0.29, 0.717) is 12.4 Å². The van der Waals surface area contributed by atoms with E-state index in [0.717, 1.165) is 57.1 Å². The van der Waals surface area contributed by atoms with E-state index < -0.39 is 0 Å². The van der Waals surface area contributed by atoms with Gasteiger partial charge in [0.05, 0.1) is 6.54 Å². The summed E-state index contributed by atoms with van der Waals surface area (Å²) in [7, 11) is 2.15. The molecule has 0 spiro atoms. The fourth-order valence-electron chi connectivity index (χ4n) is 3.75. The smallest absolute Gasteiger partial charge is 0.239 e. The summed E-state index contributed by atoms with van der Waals surface area (Å²) in [6.45, 7) is 8.31. The molecule has 0 bridgehead atoms. The lowest BCUT2D eigenvalue weighted by molar-refractivity contribution is -0.117. The zero-order chi connectivity index (χ0) is 18.8. The van der Waals surface area contributed by atoms with E-state index in [2.05, 4.69) is 51.5 Å². The highest BCUT2D eigenvalue weighted by Gasteiger charge is 2.20. The molecule has 27 heavy (non-hydrogen) atoms. The van der Waals surface area contributed by atoms with Crippen LogP contribution < -0.4 is 10.2 Å². The van der Waals surface area contributed by atoms with E-state index in [9.17, 15) is 4.79 Å². The van der Waals surface area contributed by atoms with Gasteiger partial charge in [0.1, 0.15) is 11.6 Å². The molecule has 1 amide bonds. The minimum Gasteiger partial charge on any atom is -0.354 e. The molecule has 4 heterocycles. The molecule has 2 aromatic heterocycles. The van der Waals surface area contributed by atoms with E-state index >= 15 is 0 Å². The largest absolute Gasteiger partial charge is 0.354 e. The van der Waals surface area contributed by atoms with Gasteiger partial charge in [-0.2, -0.15) is 0 Å². The molecule has 1 saturated heterocycles. The summed E-state index contributed by atoms with van der Waals surface area (Å²) in [5.74, 6) is 1.64. The summed E-state index contributed by atoms with van der Waals surface area (Å²) in [4.78, 5) is 25.6. The summed E-state index contributed by atoms with van der Waals surface area (Å²) in [6, 6.07) is 6.13. The van der Waals surface area contributed by atoms with Crippen LogP contribution in [0.2, 0.25) is 0 Å². The highest BCUT2D eigenvalue weighted by Crippen LogP contribution is 2.24. The number of piperazine rings is 1. The molecule has 2 aromatic rings. The number of nitrogens with one attached hydrogen (secondary N) is 1. The fourth-order valence-corrected chi connectivity index (χ4v) is 4.64. The molecule has 144 valence electrons. The second-order valence-corrected chi connectivity index (χ2v) is 8.51. The summed E-state index contributed by atoms with van der Waals surface area (Å²) in [6.07, 6.45) is 1.04. The summed E-state index contributed by atoms with van der Waals surface area (Å²) >= 11 is 1.82. The van der Waals surface area contributed by atoms with Gasteiger partial charge < -0.3 is 15.1 Å². The Morgan fingerprint density at radius 1 is 1.19 bits per heavy atom. The SMILES string of the molecule is Cc1ccc(NC(=O)CN2CCc3sccc3C2)nc1N1CCN(C)CC1. The first-order chi connectivity index (χ1) is 13.1. The van der Waals surface area contributed by atoms with E-state index in [1.165, 1.54) is 10.4 Å². The maximum Gasteiger partial charge on any atom is 0.239 e. The molecule has 7 heteroatoms. The van der Waals surface area contributed by atoms with Gasteiger partial charge in [0.15, 0.2) is 0 Å². The van der Waals surface area contributed by atoms with Crippen molar-refractivity contribution >= 4 is 28.9 Å². The number of thiophene rings is 1. The first-order valence-corrected chi connectivity index (χ1v) is 10.4. The van der Waals surface area contributed by atoms with Crippen LogP contribution in [0.4, 0.5) is 11.6 Å². The summed E-state index contributed by atoms with van der Waals surface area (Å²) in [5, 5.41) is 5.14. The number of anilines is 2. The lowest BCUT2D eigenvalue weighted by Crippen LogP contribution is -2.45. The topological polar surface area (TPSA) is 51.7 Å².